The topological polar surface area (TPSA) is 29.5 Å². The molecule has 0 heterocycles. The maximum Gasteiger partial charge on any atom is 0.258 e. The van der Waals surface area contributed by atoms with Crippen molar-refractivity contribution in [2.45, 2.75) is 6.92 Å². The zero-order valence-corrected chi connectivity index (χ0v) is 13.2. The number of aryl methyl sites for hydroxylation is 1. The molecule has 0 N–H and O–H groups in total. The Morgan fingerprint density at radius 2 is 1.95 bits per heavy atom. The summed E-state index contributed by atoms with van der Waals surface area (Å²) in [6.07, 6.45) is 5.14. The van der Waals surface area contributed by atoms with E-state index in [4.69, 9.17) is 22.8 Å². The summed E-state index contributed by atoms with van der Waals surface area (Å²) in [6.45, 7) is 2.12. The van der Waals surface area contributed by atoms with E-state index in [9.17, 15) is 4.79 Å². The molecule has 0 spiro atoms. The van der Waals surface area contributed by atoms with Gasteiger partial charge in [0, 0.05) is 23.3 Å². The minimum Gasteiger partial charge on any atom is -0.481 e. The SMILES string of the molecule is C#CCOc1ccc(N(C)C(=O)c2ccc(C)c(Cl)c2)cc1. The summed E-state index contributed by atoms with van der Waals surface area (Å²) >= 11 is 6.07. The second kappa shape index (κ2) is 7.02. The van der Waals surface area contributed by atoms with E-state index >= 15 is 0 Å². The zero-order chi connectivity index (χ0) is 16.1. The lowest BCUT2D eigenvalue weighted by Crippen LogP contribution is -2.26. The van der Waals surface area contributed by atoms with Crippen LogP contribution in [0.3, 0.4) is 0 Å². The molecule has 0 aliphatic carbocycles. The lowest BCUT2D eigenvalue weighted by molar-refractivity contribution is 0.0993. The Kier molecular flexibility index (Phi) is 5.08. The van der Waals surface area contributed by atoms with Gasteiger partial charge in [-0.15, -0.1) is 6.42 Å². The van der Waals surface area contributed by atoms with Gasteiger partial charge in [-0.05, 0) is 48.9 Å². The molecule has 2 aromatic carbocycles. The van der Waals surface area contributed by atoms with Gasteiger partial charge in [0.25, 0.3) is 5.91 Å². The van der Waals surface area contributed by atoms with Crippen LogP contribution in [-0.4, -0.2) is 19.6 Å². The third-order valence-corrected chi connectivity index (χ3v) is 3.68. The molecule has 0 aliphatic heterocycles. The van der Waals surface area contributed by atoms with Crippen molar-refractivity contribution >= 4 is 23.2 Å². The van der Waals surface area contributed by atoms with Gasteiger partial charge in [0.05, 0.1) is 0 Å². The summed E-state index contributed by atoms with van der Waals surface area (Å²) in [4.78, 5) is 14.0. The molecule has 0 bridgehead atoms. The molecular formula is C18H16ClNO2. The maximum atomic E-state index is 12.5. The number of hydrogen-bond donors (Lipinski definition) is 0. The first kappa shape index (κ1) is 15.9. The van der Waals surface area contributed by atoms with E-state index in [-0.39, 0.29) is 12.5 Å². The van der Waals surface area contributed by atoms with Crippen LogP contribution in [0.4, 0.5) is 5.69 Å². The minimum atomic E-state index is -0.126. The number of benzene rings is 2. The first-order valence-electron chi connectivity index (χ1n) is 6.73. The predicted molar refractivity (Wildman–Crippen MR) is 89.7 cm³/mol. The van der Waals surface area contributed by atoms with E-state index in [1.165, 1.54) is 0 Å². The van der Waals surface area contributed by atoms with E-state index in [0.717, 1.165) is 11.3 Å². The van der Waals surface area contributed by atoms with Crippen LogP contribution in [0, 0.1) is 19.3 Å². The molecule has 0 fully saturated rings. The van der Waals surface area contributed by atoms with E-state index in [0.29, 0.717) is 16.3 Å². The third kappa shape index (κ3) is 3.60. The van der Waals surface area contributed by atoms with Crippen molar-refractivity contribution in [3.05, 3.63) is 58.6 Å². The van der Waals surface area contributed by atoms with Crippen molar-refractivity contribution in [1.82, 2.24) is 0 Å². The Hall–Kier alpha value is -2.44. The van der Waals surface area contributed by atoms with Crippen molar-refractivity contribution in [3.8, 4) is 18.1 Å². The number of hydrogen-bond acceptors (Lipinski definition) is 2. The molecule has 3 nitrogen and oxygen atoms in total. The van der Waals surface area contributed by atoms with Gasteiger partial charge in [0.1, 0.15) is 12.4 Å². The molecule has 112 valence electrons. The van der Waals surface area contributed by atoms with Gasteiger partial charge in [-0.1, -0.05) is 23.6 Å². The van der Waals surface area contributed by atoms with Crippen LogP contribution in [-0.2, 0) is 0 Å². The first-order valence-corrected chi connectivity index (χ1v) is 7.11. The van der Waals surface area contributed by atoms with Gasteiger partial charge in [-0.25, -0.2) is 0 Å². The highest BCUT2D eigenvalue weighted by molar-refractivity contribution is 6.31. The Balaban J connectivity index is 2.16. The number of nitrogens with zero attached hydrogens (tertiary/aromatic N) is 1. The second-order valence-corrected chi connectivity index (χ2v) is 5.22. The number of carbonyl (C=O) groups excluding carboxylic acids is 1. The van der Waals surface area contributed by atoms with Crippen molar-refractivity contribution in [1.29, 1.82) is 0 Å². The Morgan fingerprint density at radius 1 is 1.27 bits per heavy atom. The van der Waals surface area contributed by atoms with Crippen LogP contribution in [0.15, 0.2) is 42.5 Å². The van der Waals surface area contributed by atoms with Gasteiger partial charge >= 0.3 is 0 Å². The third-order valence-electron chi connectivity index (χ3n) is 3.27. The number of rotatable bonds is 4. The lowest BCUT2D eigenvalue weighted by Gasteiger charge is -2.18. The minimum absolute atomic E-state index is 0.126. The van der Waals surface area contributed by atoms with Gasteiger partial charge in [-0.3, -0.25) is 4.79 Å². The fraction of sp³-hybridized carbons (Fsp3) is 0.167. The van der Waals surface area contributed by atoms with E-state index in [1.54, 1.807) is 48.3 Å². The first-order chi connectivity index (χ1) is 10.5. The van der Waals surface area contributed by atoms with Crippen LogP contribution in [0.25, 0.3) is 0 Å². The van der Waals surface area contributed by atoms with Crippen LogP contribution >= 0.6 is 11.6 Å². The van der Waals surface area contributed by atoms with Crippen LogP contribution in [0.1, 0.15) is 15.9 Å². The van der Waals surface area contributed by atoms with Crippen molar-refractivity contribution < 1.29 is 9.53 Å². The van der Waals surface area contributed by atoms with Gasteiger partial charge in [0.15, 0.2) is 0 Å². The molecule has 0 atom stereocenters. The maximum absolute atomic E-state index is 12.5. The Labute approximate surface area is 135 Å². The summed E-state index contributed by atoms with van der Waals surface area (Å²) in [7, 11) is 1.72. The Morgan fingerprint density at radius 3 is 2.55 bits per heavy atom. The number of ether oxygens (including phenoxy) is 1. The Bertz CT molecular complexity index is 717. The van der Waals surface area contributed by atoms with Crippen molar-refractivity contribution in [2.75, 3.05) is 18.6 Å². The average Bonchev–Trinajstić information content (AvgIpc) is 2.54. The number of carbonyl (C=O) groups is 1. The highest BCUT2D eigenvalue weighted by atomic mass is 35.5. The number of anilines is 1. The monoisotopic (exact) mass is 313 g/mol. The average molecular weight is 314 g/mol. The largest absolute Gasteiger partial charge is 0.481 e. The molecule has 22 heavy (non-hydrogen) atoms. The molecule has 0 unspecified atom stereocenters. The van der Waals surface area contributed by atoms with Crippen molar-refractivity contribution in [2.24, 2.45) is 0 Å². The molecule has 0 saturated heterocycles. The van der Waals surface area contributed by atoms with Gasteiger partial charge in [0.2, 0.25) is 0 Å². The summed E-state index contributed by atoms with van der Waals surface area (Å²) in [5.41, 5.74) is 2.25. The number of terminal acetylenes is 1. The summed E-state index contributed by atoms with van der Waals surface area (Å²) < 4.78 is 5.31. The van der Waals surface area contributed by atoms with E-state index in [2.05, 4.69) is 5.92 Å². The summed E-state index contributed by atoms with van der Waals surface area (Å²) in [5.74, 6) is 2.95. The quantitative estimate of drug-likeness (QED) is 0.800. The summed E-state index contributed by atoms with van der Waals surface area (Å²) in [6, 6.07) is 12.4. The highest BCUT2D eigenvalue weighted by Crippen LogP contribution is 2.22. The normalized spacial score (nSPS) is 9.91. The molecule has 4 heteroatoms. The molecular weight excluding hydrogens is 298 g/mol. The standard InChI is InChI=1S/C18H16ClNO2/c1-4-11-22-16-9-7-15(8-10-16)20(3)18(21)14-6-5-13(2)17(19)12-14/h1,5-10,12H,11H2,2-3H3. The molecule has 1 amide bonds. The van der Waals surface area contributed by atoms with Gasteiger partial charge < -0.3 is 9.64 Å². The second-order valence-electron chi connectivity index (χ2n) is 4.81. The molecule has 2 aromatic rings. The molecule has 0 saturated carbocycles. The molecule has 2 rings (SSSR count). The highest BCUT2D eigenvalue weighted by Gasteiger charge is 2.14. The molecule has 0 radical (unpaired) electrons. The number of amides is 1. The van der Waals surface area contributed by atoms with Crippen molar-refractivity contribution in [3.63, 3.8) is 0 Å². The van der Waals surface area contributed by atoms with Crippen LogP contribution in [0.5, 0.6) is 5.75 Å². The molecule has 0 aliphatic rings. The van der Waals surface area contributed by atoms with Gasteiger partial charge in [-0.2, -0.15) is 0 Å². The number of halogens is 1. The van der Waals surface area contributed by atoms with E-state index < -0.39 is 0 Å². The zero-order valence-electron chi connectivity index (χ0n) is 12.5. The molecule has 0 aromatic heterocycles. The smallest absolute Gasteiger partial charge is 0.258 e. The van der Waals surface area contributed by atoms with Crippen LogP contribution < -0.4 is 9.64 Å². The van der Waals surface area contributed by atoms with E-state index in [1.807, 2.05) is 13.0 Å². The fourth-order valence-corrected chi connectivity index (χ4v) is 2.11. The fourth-order valence-electron chi connectivity index (χ4n) is 1.93. The van der Waals surface area contributed by atoms with Crippen LogP contribution in [0.2, 0.25) is 5.02 Å². The predicted octanol–water partition coefficient (Wildman–Crippen LogP) is 3.94. The summed E-state index contributed by atoms with van der Waals surface area (Å²) in [5, 5.41) is 0.581. The lowest BCUT2D eigenvalue weighted by atomic mass is 10.1.